The monoisotopic (exact) mass is 282 g/mol. The first-order valence-corrected chi connectivity index (χ1v) is 6.63. The van der Waals surface area contributed by atoms with Gasteiger partial charge >= 0.3 is 0 Å². The van der Waals surface area contributed by atoms with Crippen LogP contribution in [0, 0.1) is 5.82 Å². The van der Waals surface area contributed by atoms with E-state index in [-0.39, 0.29) is 18.1 Å². The van der Waals surface area contributed by atoms with Crippen molar-refractivity contribution >= 4 is 11.6 Å². The van der Waals surface area contributed by atoms with Gasteiger partial charge in [0.25, 0.3) is 0 Å². The molecule has 0 aliphatic carbocycles. The smallest absolute Gasteiger partial charge is 0.241 e. The Morgan fingerprint density at radius 3 is 3.00 bits per heavy atom. The molecule has 20 heavy (non-hydrogen) atoms. The van der Waals surface area contributed by atoms with E-state index < -0.39 is 5.82 Å². The second-order valence-corrected chi connectivity index (χ2v) is 4.62. The van der Waals surface area contributed by atoms with Gasteiger partial charge in [-0.25, -0.2) is 4.39 Å². The Bertz CT molecular complexity index is 481. The van der Waals surface area contributed by atoms with Gasteiger partial charge in [0.05, 0.1) is 24.4 Å². The Labute approximate surface area is 117 Å². The first-order chi connectivity index (χ1) is 9.63. The Morgan fingerprint density at radius 2 is 2.35 bits per heavy atom. The third kappa shape index (κ3) is 3.46. The second kappa shape index (κ2) is 6.67. The molecule has 0 saturated carbocycles. The topological polar surface area (TPSA) is 59.6 Å². The van der Waals surface area contributed by atoms with E-state index in [1.165, 1.54) is 18.2 Å². The van der Waals surface area contributed by atoms with Gasteiger partial charge in [-0.2, -0.15) is 0 Å². The molecule has 2 unspecified atom stereocenters. The van der Waals surface area contributed by atoms with Gasteiger partial charge in [0.2, 0.25) is 5.91 Å². The number of benzene rings is 1. The molecular formula is C14H19FN2O3. The molecule has 0 bridgehead atoms. The summed E-state index contributed by atoms with van der Waals surface area (Å²) in [6, 6.07) is 3.75. The van der Waals surface area contributed by atoms with Crippen LogP contribution in [0.5, 0.6) is 5.75 Å². The summed E-state index contributed by atoms with van der Waals surface area (Å²) in [4.78, 5) is 12.1. The van der Waals surface area contributed by atoms with E-state index in [9.17, 15) is 9.18 Å². The SMILES string of the molecule is CCOc1cc(F)ccc1NC(=O)C1CC(OC)CN1. The molecule has 1 aliphatic heterocycles. The Balaban J connectivity index is 2.04. The number of hydrogen-bond acceptors (Lipinski definition) is 4. The minimum atomic E-state index is -0.398. The number of methoxy groups -OCH3 is 1. The third-order valence-electron chi connectivity index (χ3n) is 3.24. The summed E-state index contributed by atoms with van der Waals surface area (Å²) >= 11 is 0. The van der Waals surface area contributed by atoms with Crippen molar-refractivity contribution in [3.05, 3.63) is 24.0 Å². The molecule has 1 aromatic carbocycles. The maximum Gasteiger partial charge on any atom is 0.241 e. The average molecular weight is 282 g/mol. The van der Waals surface area contributed by atoms with Crippen LogP contribution in [0.1, 0.15) is 13.3 Å². The maximum atomic E-state index is 13.2. The first-order valence-electron chi connectivity index (χ1n) is 6.63. The van der Waals surface area contributed by atoms with Gasteiger partial charge in [-0.05, 0) is 25.5 Å². The molecule has 1 amide bonds. The van der Waals surface area contributed by atoms with Gasteiger partial charge < -0.3 is 20.1 Å². The van der Waals surface area contributed by atoms with Crippen LogP contribution >= 0.6 is 0 Å². The lowest BCUT2D eigenvalue weighted by Crippen LogP contribution is -2.35. The van der Waals surface area contributed by atoms with Gasteiger partial charge in [-0.15, -0.1) is 0 Å². The lowest BCUT2D eigenvalue weighted by Gasteiger charge is -2.14. The zero-order valence-corrected chi connectivity index (χ0v) is 11.6. The van der Waals surface area contributed by atoms with Crippen LogP contribution < -0.4 is 15.4 Å². The van der Waals surface area contributed by atoms with Crippen LogP contribution in [0.3, 0.4) is 0 Å². The van der Waals surface area contributed by atoms with Gasteiger partial charge in [0.1, 0.15) is 11.6 Å². The molecule has 2 rings (SSSR count). The minimum Gasteiger partial charge on any atom is -0.492 e. The highest BCUT2D eigenvalue weighted by molar-refractivity contribution is 5.96. The molecule has 110 valence electrons. The number of anilines is 1. The van der Waals surface area contributed by atoms with E-state index in [1.54, 1.807) is 14.0 Å². The summed E-state index contributed by atoms with van der Waals surface area (Å²) in [5, 5.41) is 5.85. The number of amides is 1. The highest BCUT2D eigenvalue weighted by Gasteiger charge is 2.29. The number of carbonyl (C=O) groups is 1. The number of ether oxygens (including phenoxy) is 2. The van der Waals surface area contributed by atoms with Gasteiger partial charge in [-0.1, -0.05) is 0 Å². The molecule has 0 aromatic heterocycles. The summed E-state index contributed by atoms with van der Waals surface area (Å²) in [6.45, 7) is 2.86. The molecule has 2 N–H and O–H groups in total. The maximum absolute atomic E-state index is 13.2. The van der Waals surface area contributed by atoms with Crippen molar-refractivity contribution in [2.75, 3.05) is 25.6 Å². The van der Waals surface area contributed by atoms with E-state index in [2.05, 4.69) is 10.6 Å². The van der Waals surface area contributed by atoms with Gasteiger partial charge in [-0.3, -0.25) is 4.79 Å². The molecule has 5 nitrogen and oxygen atoms in total. The van der Waals surface area contributed by atoms with Crippen molar-refractivity contribution in [3.8, 4) is 5.75 Å². The van der Waals surface area contributed by atoms with Crippen LogP contribution in [0.15, 0.2) is 18.2 Å². The molecule has 1 fully saturated rings. The quantitative estimate of drug-likeness (QED) is 0.860. The lowest BCUT2D eigenvalue weighted by atomic mass is 10.2. The van der Waals surface area contributed by atoms with Crippen LogP contribution in [0.25, 0.3) is 0 Å². The molecule has 0 spiro atoms. The molecule has 1 aromatic rings. The lowest BCUT2D eigenvalue weighted by molar-refractivity contribution is -0.118. The molecule has 2 atom stereocenters. The van der Waals surface area contributed by atoms with Crippen LogP contribution in [-0.2, 0) is 9.53 Å². The molecule has 1 saturated heterocycles. The summed E-state index contributed by atoms with van der Waals surface area (Å²) in [5.74, 6) is -0.232. The van der Waals surface area contributed by atoms with E-state index in [1.807, 2.05) is 0 Å². The molecule has 1 aliphatic rings. The van der Waals surface area contributed by atoms with Crippen molar-refractivity contribution in [1.82, 2.24) is 5.32 Å². The van der Waals surface area contributed by atoms with Crippen molar-refractivity contribution in [3.63, 3.8) is 0 Å². The Morgan fingerprint density at radius 1 is 1.55 bits per heavy atom. The molecule has 6 heteroatoms. The normalized spacial score (nSPS) is 21.8. The summed E-state index contributed by atoms with van der Waals surface area (Å²) in [6.07, 6.45) is 0.665. The van der Waals surface area contributed by atoms with E-state index in [4.69, 9.17) is 9.47 Å². The number of nitrogens with one attached hydrogen (secondary N) is 2. The van der Waals surface area contributed by atoms with Crippen LogP contribution in [0.2, 0.25) is 0 Å². The highest BCUT2D eigenvalue weighted by Crippen LogP contribution is 2.26. The predicted octanol–water partition coefficient (Wildman–Crippen LogP) is 1.54. The summed E-state index contributed by atoms with van der Waals surface area (Å²) < 4.78 is 23.7. The fourth-order valence-electron chi connectivity index (χ4n) is 2.18. The standard InChI is InChI=1S/C14H19FN2O3/c1-3-20-13-6-9(15)4-5-11(13)17-14(18)12-7-10(19-2)8-16-12/h4-6,10,12,16H,3,7-8H2,1-2H3,(H,17,18). The van der Waals surface area contributed by atoms with Crippen LogP contribution in [-0.4, -0.2) is 38.3 Å². The highest BCUT2D eigenvalue weighted by atomic mass is 19.1. The van der Waals surface area contributed by atoms with Crippen molar-refractivity contribution in [1.29, 1.82) is 0 Å². The summed E-state index contributed by atoms with van der Waals surface area (Å²) in [7, 11) is 1.62. The average Bonchev–Trinajstić information content (AvgIpc) is 2.91. The Kier molecular flexibility index (Phi) is 4.92. The number of rotatable bonds is 5. The second-order valence-electron chi connectivity index (χ2n) is 4.62. The van der Waals surface area contributed by atoms with Gasteiger partial charge in [0.15, 0.2) is 0 Å². The fraction of sp³-hybridized carbons (Fsp3) is 0.500. The van der Waals surface area contributed by atoms with Gasteiger partial charge in [0, 0.05) is 19.7 Å². The third-order valence-corrected chi connectivity index (χ3v) is 3.24. The Hall–Kier alpha value is -1.66. The predicted molar refractivity (Wildman–Crippen MR) is 73.4 cm³/mol. The number of halogens is 1. The van der Waals surface area contributed by atoms with Crippen molar-refractivity contribution < 1.29 is 18.7 Å². The number of hydrogen-bond donors (Lipinski definition) is 2. The first kappa shape index (κ1) is 14.7. The summed E-state index contributed by atoms with van der Waals surface area (Å²) in [5.41, 5.74) is 0.473. The fourth-order valence-corrected chi connectivity index (χ4v) is 2.18. The molecular weight excluding hydrogens is 263 g/mol. The van der Waals surface area contributed by atoms with Crippen molar-refractivity contribution in [2.24, 2.45) is 0 Å². The minimum absolute atomic E-state index is 0.0466. The zero-order chi connectivity index (χ0) is 14.5. The molecule has 0 radical (unpaired) electrons. The van der Waals surface area contributed by atoms with E-state index >= 15 is 0 Å². The van der Waals surface area contributed by atoms with E-state index in [0.29, 0.717) is 31.0 Å². The molecule has 1 heterocycles. The largest absolute Gasteiger partial charge is 0.492 e. The zero-order valence-electron chi connectivity index (χ0n) is 11.6. The number of carbonyl (C=O) groups excluding carboxylic acids is 1. The van der Waals surface area contributed by atoms with Crippen molar-refractivity contribution in [2.45, 2.75) is 25.5 Å². The van der Waals surface area contributed by atoms with E-state index in [0.717, 1.165) is 0 Å². The van der Waals surface area contributed by atoms with Crippen LogP contribution in [0.4, 0.5) is 10.1 Å².